The third kappa shape index (κ3) is 2.17. The Morgan fingerprint density at radius 1 is 1.31 bits per heavy atom. The van der Waals surface area contributed by atoms with E-state index in [0.717, 1.165) is 18.8 Å². The highest BCUT2D eigenvalue weighted by molar-refractivity contribution is 6.34. The molecule has 16 heavy (non-hydrogen) atoms. The molecule has 1 aromatic carbocycles. The highest BCUT2D eigenvalue weighted by atomic mass is 16.3. The quantitative estimate of drug-likeness (QED) is 0.666. The molecule has 0 amide bonds. The molecule has 1 fully saturated rings. The van der Waals surface area contributed by atoms with E-state index in [-0.39, 0.29) is 5.75 Å². The molecular weight excluding hydrogens is 199 g/mol. The highest BCUT2D eigenvalue weighted by Crippen LogP contribution is 2.26. The second-order valence-corrected chi connectivity index (χ2v) is 4.59. The summed E-state index contributed by atoms with van der Waals surface area (Å²) in [7, 11) is 5.70. The predicted molar refractivity (Wildman–Crippen MR) is 67.8 cm³/mol. The summed E-state index contributed by atoms with van der Waals surface area (Å²) < 4.78 is 0. The van der Waals surface area contributed by atoms with Crippen molar-refractivity contribution in [2.24, 2.45) is 0 Å². The lowest BCUT2D eigenvalue weighted by molar-refractivity contribution is 0.401. The minimum absolute atomic E-state index is 0.198. The molecule has 0 aromatic heterocycles. The molecule has 1 aliphatic heterocycles. The highest BCUT2D eigenvalue weighted by Gasteiger charge is 2.22. The van der Waals surface area contributed by atoms with Crippen molar-refractivity contribution in [3.63, 3.8) is 0 Å². The van der Waals surface area contributed by atoms with E-state index in [1.807, 2.05) is 12.1 Å². The van der Waals surface area contributed by atoms with Crippen LogP contribution >= 0.6 is 0 Å². The fourth-order valence-corrected chi connectivity index (χ4v) is 2.33. The van der Waals surface area contributed by atoms with E-state index in [2.05, 4.69) is 24.1 Å². The summed E-state index contributed by atoms with van der Waals surface area (Å²) in [5, 5.41) is 13.4. The molecule has 3 nitrogen and oxygen atoms in total. The first-order valence-electron chi connectivity index (χ1n) is 5.66. The van der Waals surface area contributed by atoms with Gasteiger partial charge in [0.2, 0.25) is 0 Å². The molecule has 2 radical (unpaired) electrons. The zero-order valence-corrected chi connectivity index (χ0v) is 9.77. The van der Waals surface area contributed by atoms with Crippen molar-refractivity contribution in [1.29, 1.82) is 0 Å². The van der Waals surface area contributed by atoms with Crippen LogP contribution in [0.15, 0.2) is 18.2 Å². The third-order valence-electron chi connectivity index (χ3n) is 2.94. The van der Waals surface area contributed by atoms with Crippen LogP contribution in [0, 0.1) is 0 Å². The van der Waals surface area contributed by atoms with Crippen LogP contribution in [0.1, 0.15) is 13.8 Å². The maximum atomic E-state index is 9.94. The molecule has 2 N–H and O–H groups in total. The molecule has 0 saturated carbocycles. The Bertz CT molecular complexity index is 373. The molecule has 1 heterocycles. The Morgan fingerprint density at radius 2 is 1.94 bits per heavy atom. The zero-order valence-electron chi connectivity index (χ0n) is 9.77. The van der Waals surface area contributed by atoms with Crippen molar-refractivity contribution in [3.05, 3.63) is 18.2 Å². The summed E-state index contributed by atoms with van der Waals surface area (Å²) in [5.41, 5.74) is 1.27. The lowest BCUT2D eigenvalue weighted by Crippen LogP contribution is -2.54. The second-order valence-electron chi connectivity index (χ2n) is 4.59. The van der Waals surface area contributed by atoms with E-state index in [1.54, 1.807) is 6.07 Å². The Labute approximate surface area is 97.9 Å². The zero-order chi connectivity index (χ0) is 11.7. The van der Waals surface area contributed by atoms with Crippen LogP contribution in [0.5, 0.6) is 5.75 Å². The van der Waals surface area contributed by atoms with E-state index < -0.39 is 0 Å². The van der Waals surface area contributed by atoms with Crippen LogP contribution in [0.4, 0.5) is 5.69 Å². The average Bonchev–Trinajstić information content (AvgIpc) is 2.20. The fourth-order valence-electron chi connectivity index (χ4n) is 2.33. The molecule has 0 spiro atoms. The lowest BCUT2D eigenvalue weighted by atomic mass is 9.94. The van der Waals surface area contributed by atoms with Crippen LogP contribution in [0.25, 0.3) is 0 Å². The van der Waals surface area contributed by atoms with Gasteiger partial charge in [-0.1, -0.05) is 17.6 Å². The summed E-state index contributed by atoms with van der Waals surface area (Å²) in [6.45, 7) is 6.07. The lowest BCUT2D eigenvalue weighted by Gasteiger charge is -2.38. The number of hydrogen-bond donors (Lipinski definition) is 2. The fraction of sp³-hybridized carbons (Fsp3) is 0.500. The topological polar surface area (TPSA) is 35.5 Å². The minimum atomic E-state index is 0.198. The summed E-state index contributed by atoms with van der Waals surface area (Å²) in [6.07, 6.45) is 0. The molecule has 0 aliphatic carbocycles. The SMILES string of the molecule is [B]c1cccc(N2C[C@@H](C)N[C@@H](C)C2)c1O. The van der Waals surface area contributed by atoms with Gasteiger partial charge < -0.3 is 15.3 Å². The summed E-state index contributed by atoms with van der Waals surface area (Å²) in [5.74, 6) is 0.198. The van der Waals surface area contributed by atoms with Gasteiger partial charge in [-0.15, -0.1) is 0 Å². The number of phenols is 1. The van der Waals surface area contributed by atoms with Crippen LogP contribution in [-0.2, 0) is 0 Å². The average molecular weight is 216 g/mol. The number of piperazine rings is 1. The van der Waals surface area contributed by atoms with Gasteiger partial charge in [-0.05, 0) is 19.9 Å². The Balaban J connectivity index is 2.26. The van der Waals surface area contributed by atoms with Gasteiger partial charge in [-0.25, -0.2) is 0 Å². The number of nitrogens with zero attached hydrogens (tertiary/aromatic N) is 1. The van der Waals surface area contributed by atoms with Crippen LogP contribution in [0.2, 0.25) is 0 Å². The normalized spacial score (nSPS) is 25.8. The number of anilines is 1. The molecule has 2 atom stereocenters. The van der Waals surface area contributed by atoms with E-state index in [4.69, 9.17) is 7.85 Å². The standard InChI is InChI=1S/C12H17BN2O/c1-8-6-15(7-9(2)14-8)11-5-3-4-10(13)12(11)16/h3-5,8-9,14,16H,6-7H2,1-2H3/t8-,9+. The Hall–Kier alpha value is -1.16. The number of rotatable bonds is 1. The van der Waals surface area contributed by atoms with Gasteiger partial charge in [-0.3, -0.25) is 0 Å². The Morgan fingerprint density at radius 3 is 2.56 bits per heavy atom. The molecular formula is C12H17BN2O. The Kier molecular flexibility index (Phi) is 3.10. The van der Waals surface area contributed by atoms with Crippen molar-refractivity contribution in [2.45, 2.75) is 25.9 Å². The van der Waals surface area contributed by atoms with E-state index in [1.165, 1.54) is 0 Å². The number of phenolic OH excluding ortho intramolecular Hbond substituents is 1. The maximum Gasteiger partial charge on any atom is 0.131 e. The van der Waals surface area contributed by atoms with Crippen molar-refractivity contribution in [1.82, 2.24) is 5.32 Å². The summed E-state index contributed by atoms with van der Waals surface area (Å²) in [6, 6.07) is 6.35. The molecule has 84 valence electrons. The molecule has 2 rings (SSSR count). The maximum absolute atomic E-state index is 9.94. The molecule has 1 aliphatic rings. The van der Waals surface area contributed by atoms with Gasteiger partial charge in [0.25, 0.3) is 0 Å². The van der Waals surface area contributed by atoms with Crippen LogP contribution in [-0.4, -0.2) is 38.1 Å². The molecule has 0 bridgehead atoms. The van der Waals surface area contributed by atoms with Gasteiger partial charge in [0.15, 0.2) is 0 Å². The largest absolute Gasteiger partial charge is 0.506 e. The number of nitrogens with one attached hydrogen (secondary N) is 1. The first kappa shape index (κ1) is 11.3. The molecule has 4 heteroatoms. The van der Waals surface area contributed by atoms with Crippen LogP contribution in [0.3, 0.4) is 0 Å². The molecule has 0 unspecified atom stereocenters. The van der Waals surface area contributed by atoms with E-state index in [0.29, 0.717) is 17.5 Å². The van der Waals surface area contributed by atoms with Gasteiger partial charge in [0.1, 0.15) is 13.6 Å². The number of hydrogen-bond acceptors (Lipinski definition) is 3. The van der Waals surface area contributed by atoms with Gasteiger partial charge in [0, 0.05) is 25.2 Å². The number of aromatic hydroxyl groups is 1. The summed E-state index contributed by atoms with van der Waals surface area (Å²) in [4.78, 5) is 2.18. The van der Waals surface area contributed by atoms with Gasteiger partial charge in [0.05, 0.1) is 5.69 Å². The second kappa shape index (κ2) is 4.38. The van der Waals surface area contributed by atoms with Crippen molar-refractivity contribution in [2.75, 3.05) is 18.0 Å². The monoisotopic (exact) mass is 216 g/mol. The minimum Gasteiger partial charge on any atom is -0.506 e. The van der Waals surface area contributed by atoms with Crippen molar-refractivity contribution < 1.29 is 5.11 Å². The van der Waals surface area contributed by atoms with Crippen molar-refractivity contribution in [3.8, 4) is 5.75 Å². The number of benzene rings is 1. The first-order valence-corrected chi connectivity index (χ1v) is 5.66. The molecule has 1 aromatic rings. The van der Waals surface area contributed by atoms with Gasteiger partial charge >= 0.3 is 0 Å². The smallest absolute Gasteiger partial charge is 0.131 e. The van der Waals surface area contributed by atoms with Crippen molar-refractivity contribution >= 4 is 19.0 Å². The van der Waals surface area contributed by atoms with Gasteiger partial charge in [-0.2, -0.15) is 0 Å². The predicted octanol–water partition coefficient (Wildman–Crippen LogP) is 0.373. The first-order chi connectivity index (χ1) is 7.58. The number of para-hydroxylation sites is 1. The molecule has 1 saturated heterocycles. The van der Waals surface area contributed by atoms with Crippen LogP contribution < -0.4 is 15.7 Å². The van der Waals surface area contributed by atoms with E-state index in [9.17, 15) is 5.11 Å². The van der Waals surface area contributed by atoms with E-state index >= 15 is 0 Å². The summed E-state index contributed by atoms with van der Waals surface area (Å²) >= 11 is 0. The third-order valence-corrected chi connectivity index (χ3v) is 2.94.